The lowest BCUT2D eigenvalue weighted by Crippen LogP contribution is -2.40. The summed E-state index contributed by atoms with van der Waals surface area (Å²) in [7, 11) is -2.50. The van der Waals surface area contributed by atoms with Gasteiger partial charge in [0.2, 0.25) is 10.0 Å². The largest absolute Gasteiger partial charge is 0.468 e. The Kier molecular flexibility index (Phi) is 5.51. The van der Waals surface area contributed by atoms with Crippen LogP contribution < -0.4 is 0 Å². The average Bonchev–Trinajstić information content (AvgIpc) is 2.34. The van der Waals surface area contributed by atoms with E-state index >= 15 is 0 Å². The third-order valence-corrected chi connectivity index (χ3v) is 5.00. The van der Waals surface area contributed by atoms with Crippen molar-refractivity contribution < 1.29 is 17.9 Å². The molecule has 0 fully saturated rings. The Morgan fingerprint density at radius 2 is 2.05 bits per heavy atom. The van der Waals surface area contributed by atoms with Crippen LogP contribution in [0.1, 0.15) is 13.8 Å². The zero-order valence-corrected chi connectivity index (χ0v) is 13.4. The van der Waals surface area contributed by atoms with Gasteiger partial charge in [0.25, 0.3) is 0 Å². The molecule has 0 aliphatic heterocycles. The fourth-order valence-electron chi connectivity index (χ4n) is 1.50. The number of carbonyl (C=O) groups excluding carboxylic acids is 1. The summed E-state index contributed by atoms with van der Waals surface area (Å²) in [6.45, 7) is 3.11. The summed E-state index contributed by atoms with van der Waals surface area (Å²) in [6, 6.07) is 6.02. The summed E-state index contributed by atoms with van der Waals surface area (Å²) < 4.78 is 31.3. The third-order valence-electron chi connectivity index (χ3n) is 2.49. The number of hydrogen-bond acceptors (Lipinski definition) is 4. The predicted octanol–water partition coefficient (Wildman–Crippen LogP) is 2.02. The Morgan fingerprint density at radius 1 is 1.42 bits per heavy atom. The summed E-state index contributed by atoms with van der Waals surface area (Å²) in [5, 5.41) is 0. The first-order valence-corrected chi connectivity index (χ1v) is 7.86. The number of esters is 1. The van der Waals surface area contributed by atoms with Gasteiger partial charge in [0, 0.05) is 10.5 Å². The van der Waals surface area contributed by atoms with Crippen molar-refractivity contribution in [2.75, 3.05) is 13.7 Å². The van der Waals surface area contributed by atoms with Crippen molar-refractivity contribution in [2.24, 2.45) is 0 Å². The molecule has 0 spiro atoms. The highest BCUT2D eigenvalue weighted by molar-refractivity contribution is 9.10. The van der Waals surface area contributed by atoms with E-state index in [0.29, 0.717) is 4.47 Å². The lowest BCUT2D eigenvalue weighted by Gasteiger charge is -2.24. The summed E-state index contributed by atoms with van der Waals surface area (Å²) in [6.07, 6.45) is 0. The van der Waals surface area contributed by atoms with E-state index in [-0.39, 0.29) is 17.5 Å². The zero-order valence-electron chi connectivity index (χ0n) is 11.0. The molecule has 19 heavy (non-hydrogen) atoms. The van der Waals surface area contributed by atoms with Crippen LogP contribution in [-0.2, 0) is 19.6 Å². The molecule has 0 atom stereocenters. The Balaban J connectivity index is 3.17. The molecule has 5 nitrogen and oxygen atoms in total. The number of sulfonamides is 1. The highest BCUT2D eigenvalue weighted by Gasteiger charge is 2.29. The van der Waals surface area contributed by atoms with Crippen molar-refractivity contribution in [1.82, 2.24) is 4.31 Å². The first kappa shape index (κ1) is 16.1. The van der Waals surface area contributed by atoms with Crippen LogP contribution in [0.25, 0.3) is 0 Å². The lowest BCUT2D eigenvalue weighted by molar-refractivity contribution is -0.141. The highest BCUT2D eigenvalue weighted by atomic mass is 79.9. The molecule has 0 amide bonds. The van der Waals surface area contributed by atoms with Gasteiger partial charge in [-0.15, -0.1) is 0 Å². The number of rotatable bonds is 5. The number of methoxy groups -OCH3 is 1. The summed E-state index contributed by atoms with van der Waals surface area (Å²) in [4.78, 5) is 11.5. The highest BCUT2D eigenvalue weighted by Crippen LogP contribution is 2.21. The quantitative estimate of drug-likeness (QED) is 0.763. The molecule has 0 aromatic heterocycles. The Bertz CT molecular complexity index is 557. The maximum absolute atomic E-state index is 12.5. The van der Waals surface area contributed by atoms with Crippen molar-refractivity contribution in [2.45, 2.75) is 24.8 Å². The van der Waals surface area contributed by atoms with Crippen LogP contribution in [0, 0.1) is 0 Å². The molecule has 0 aliphatic carbocycles. The van der Waals surface area contributed by atoms with E-state index in [0.717, 1.165) is 4.31 Å². The zero-order chi connectivity index (χ0) is 14.6. The van der Waals surface area contributed by atoms with Gasteiger partial charge in [0.15, 0.2) is 0 Å². The van der Waals surface area contributed by atoms with E-state index in [2.05, 4.69) is 20.7 Å². The second-order valence-electron chi connectivity index (χ2n) is 4.18. The van der Waals surface area contributed by atoms with Crippen LogP contribution in [0.15, 0.2) is 33.6 Å². The molecule has 0 unspecified atom stereocenters. The molecule has 106 valence electrons. The molecule has 1 aromatic rings. The van der Waals surface area contributed by atoms with Gasteiger partial charge in [-0.05, 0) is 32.0 Å². The molecular formula is C12H16BrNO4S. The second-order valence-corrected chi connectivity index (χ2v) is 6.98. The smallest absolute Gasteiger partial charge is 0.321 e. The lowest BCUT2D eigenvalue weighted by atomic mass is 10.4. The van der Waals surface area contributed by atoms with Gasteiger partial charge in [0.1, 0.15) is 6.54 Å². The Labute approximate surface area is 121 Å². The normalized spacial score (nSPS) is 11.9. The van der Waals surface area contributed by atoms with E-state index in [1.165, 1.54) is 19.2 Å². The van der Waals surface area contributed by atoms with Crippen molar-refractivity contribution in [3.8, 4) is 0 Å². The van der Waals surface area contributed by atoms with Crippen molar-refractivity contribution in [3.05, 3.63) is 28.7 Å². The molecule has 0 aliphatic rings. The van der Waals surface area contributed by atoms with E-state index in [9.17, 15) is 13.2 Å². The Hall–Kier alpha value is -0.920. The summed E-state index contributed by atoms with van der Waals surface area (Å²) in [5.41, 5.74) is 0. The second kappa shape index (κ2) is 6.49. The van der Waals surface area contributed by atoms with Gasteiger partial charge in [-0.2, -0.15) is 4.31 Å². The SMILES string of the molecule is COC(=O)CN(C(C)C)S(=O)(=O)c1cccc(Br)c1. The van der Waals surface area contributed by atoms with Gasteiger partial charge in [0.05, 0.1) is 12.0 Å². The third kappa shape index (κ3) is 4.02. The van der Waals surface area contributed by atoms with Crippen molar-refractivity contribution in [3.63, 3.8) is 0 Å². The van der Waals surface area contributed by atoms with Crippen LogP contribution >= 0.6 is 15.9 Å². The van der Waals surface area contributed by atoms with Gasteiger partial charge in [-0.3, -0.25) is 4.79 Å². The van der Waals surface area contributed by atoms with Crippen LogP contribution in [0.5, 0.6) is 0 Å². The molecule has 1 aromatic carbocycles. The van der Waals surface area contributed by atoms with E-state index in [1.807, 2.05) is 0 Å². The minimum atomic E-state index is -3.73. The minimum Gasteiger partial charge on any atom is -0.468 e. The molecule has 1 rings (SSSR count). The summed E-state index contributed by atoms with van der Waals surface area (Å²) in [5.74, 6) is -0.590. The number of ether oxygens (including phenoxy) is 1. The maximum atomic E-state index is 12.5. The standard InChI is InChI=1S/C12H16BrNO4S/c1-9(2)14(8-12(15)18-3)19(16,17)11-6-4-5-10(13)7-11/h4-7,9H,8H2,1-3H3. The van der Waals surface area contributed by atoms with Crippen LogP contribution in [0.3, 0.4) is 0 Å². The summed E-state index contributed by atoms with van der Waals surface area (Å²) >= 11 is 3.23. The van der Waals surface area contributed by atoms with Gasteiger partial charge >= 0.3 is 5.97 Å². The predicted molar refractivity (Wildman–Crippen MR) is 75.2 cm³/mol. The van der Waals surface area contributed by atoms with E-state index < -0.39 is 16.0 Å². The number of hydrogen-bond donors (Lipinski definition) is 0. The van der Waals surface area contributed by atoms with Crippen LogP contribution in [0.4, 0.5) is 0 Å². The number of benzene rings is 1. The van der Waals surface area contributed by atoms with E-state index in [1.54, 1.807) is 26.0 Å². The molecule has 0 radical (unpaired) electrons. The molecule has 0 saturated heterocycles. The number of nitrogens with zero attached hydrogens (tertiary/aromatic N) is 1. The molecule has 0 N–H and O–H groups in total. The molecule has 0 saturated carbocycles. The fraction of sp³-hybridized carbons (Fsp3) is 0.417. The molecule has 0 bridgehead atoms. The number of halogens is 1. The average molecular weight is 350 g/mol. The van der Waals surface area contributed by atoms with Gasteiger partial charge in [-0.25, -0.2) is 8.42 Å². The maximum Gasteiger partial charge on any atom is 0.321 e. The van der Waals surface area contributed by atoms with Crippen LogP contribution in [0.2, 0.25) is 0 Å². The Morgan fingerprint density at radius 3 is 2.53 bits per heavy atom. The minimum absolute atomic E-state index is 0.138. The topological polar surface area (TPSA) is 63.7 Å². The first-order valence-electron chi connectivity index (χ1n) is 5.63. The van der Waals surface area contributed by atoms with Crippen molar-refractivity contribution in [1.29, 1.82) is 0 Å². The van der Waals surface area contributed by atoms with E-state index in [4.69, 9.17) is 0 Å². The molecule has 0 heterocycles. The van der Waals surface area contributed by atoms with Gasteiger partial charge < -0.3 is 4.74 Å². The van der Waals surface area contributed by atoms with Gasteiger partial charge in [-0.1, -0.05) is 22.0 Å². The molecular weight excluding hydrogens is 334 g/mol. The van der Waals surface area contributed by atoms with Crippen LogP contribution in [-0.4, -0.2) is 38.4 Å². The fourth-order valence-corrected chi connectivity index (χ4v) is 3.68. The number of carbonyl (C=O) groups is 1. The monoisotopic (exact) mass is 349 g/mol. The van der Waals surface area contributed by atoms with Crippen molar-refractivity contribution >= 4 is 31.9 Å². The first-order chi connectivity index (χ1) is 8.78. The molecule has 7 heteroatoms.